The topological polar surface area (TPSA) is 36.7 Å². The van der Waals surface area contributed by atoms with Crippen LogP contribution in [0.15, 0.2) is 60.8 Å². The molecule has 0 saturated heterocycles. The zero-order valence-corrected chi connectivity index (χ0v) is 15.0. The minimum Gasteiger partial charge on any atom is -1.00 e. The molecule has 0 aliphatic heterocycles. The fourth-order valence-corrected chi connectivity index (χ4v) is 3.01. The third-order valence-electron chi connectivity index (χ3n) is 4.13. The molecule has 0 unspecified atom stereocenters. The number of aryl methyl sites for hydroxylation is 1. The number of ketones is 1. The number of aromatic amines is 1. The van der Waals surface area contributed by atoms with Gasteiger partial charge in [-0.2, -0.15) is 4.57 Å². The number of rotatable bonds is 2. The number of H-pyrrole nitrogens is 1. The van der Waals surface area contributed by atoms with Crippen molar-refractivity contribution >= 4 is 27.6 Å². The lowest BCUT2D eigenvalue weighted by molar-refractivity contribution is -0.672. The van der Waals surface area contributed by atoms with Gasteiger partial charge in [0.2, 0.25) is 0 Å². The van der Waals surface area contributed by atoms with Crippen molar-refractivity contribution in [1.29, 1.82) is 0 Å². The summed E-state index contributed by atoms with van der Waals surface area (Å²) in [6.07, 6.45) is 1.83. The molecular weight excluding hydrogens is 418 g/mol. The van der Waals surface area contributed by atoms with Gasteiger partial charge in [0.1, 0.15) is 18.4 Å². The highest BCUT2D eigenvalue weighted by Gasteiger charge is 2.26. The number of hydrogen-bond acceptors (Lipinski definition) is 1. The second-order valence-corrected chi connectivity index (χ2v) is 5.54. The number of halogens is 2. The summed E-state index contributed by atoms with van der Waals surface area (Å²) in [4.78, 5) is 16.2. The number of carbonyl (C=O) groups excluding carboxylic acids is 1. The summed E-state index contributed by atoms with van der Waals surface area (Å²) >= 11 is 0. The zero-order chi connectivity index (χ0) is 16.0. The average Bonchev–Trinajstić information content (AvgIpc) is 2.93. The molecule has 0 bridgehead atoms. The summed E-state index contributed by atoms with van der Waals surface area (Å²) in [6, 6.07) is 15.9. The Labute approximate surface area is 155 Å². The molecule has 0 radical (unpaired) electrons. The average molecular weight is 432 g/mol. The number of hydrogen-bond donors (Lipinski definition) is 1. The van der Waals surface area contributed by atoms with Crippen molar-refractivity contribution in [2.45, 2.75) is 0 Å². The molecule has 0 amide bonds. The van der Waals surface area contributed by atoms with Crippen LogP contribution in [0.25, 0.3) is 21.8 Å². The number of pyridine rings is 1. The summed E-state index contributed by atoms with van der Waals surface area (Å²) in [5.74, 6) is -0.839. The third kappa shape index (κ3) is 2.49. The quantitative estimate of drug-likeness (QED) is 0.280. The molecule has 0 fully saturated rings. The molecule has 1 N–H and O–H groups in total. The predicted octanol–water partition coefficient (Wildman–Crippen LogP) is 0.520. The van der Waals surface area contributed by atoms with Crippen molar-refractivity contribution in [3.63, 3.8) is 0 Å². The number of benzene rings is 2. The second kappa shape index (κ2) is 6.32. The smallest absolute Gasteiger partial charge is 0.277 e. The highest BCUT2D eigenvalue weighted by molar-refractivity contribution is 6.17. The largest absolute Gasteiger partial charge is 1.00 e. The summed E-state index contributed by atoms with van der Waals surface area (Å²) in [5, 5.41) is 2.00. The first-order valence-corrected chi connectivity index (χ1v) is 7.35. The minimum absolute atomic E-state index is 0. The number of aromatic nitrogens is 2. The van der Waals surface area contributed by atoms with E-state index in [1.807, 2.05) is 36.5 Å². The van der Waals surface area contributed by atoms with E-state index in [1.165, 1.54) is 12.1 Å². The van der Waals surface area contributed by atoms with Crippen molar-refractivity contribution < 1.29 is 37.7 Å². The summed E-state index contributed by atoms with van der Waals surface area (Å²) < 4.78 is 15.8. The van der Waals surface area contributed by atoms with Crippen LogP contribution in [-0.2, 0) is 7.05 Å². The molecule has 0 saturated carbocycles. The predicted molar refractivity (Wildman–Crippen MR) is 86.8 cm³/mol. The van der Waals surface area contributed by atoms with Gasteiger partial charge >= 0.3 is 0 Å². The first-order valence-electron chi connectivity index (χ1n) is 7.35. The Morgan fingerprint density at radius 3 is 2.50 bits per heavy atom. The van der Waals surface area contributed by atoms with Crippen LogP contribution < -0.4 is 28.5 Å². The Bertz CT molecular complexity index is 1070. The number of nitrogens with one attached hydrogen (secondary N) is 1. The lowest BCUT2D eigenvalue weighted by Crippen LogP contribution is -3.00. The van der Waals surface area contributed by atoms with Crippen LogP contribution in [-0.4, -0.2) is 10.8 Å². The minimum atomic E-state index is -0.509. The van der Waals surface area contributed by atoms with Crippen molar-refractivity contribution in [1.82, 2.24) is 4.98 Å². The first-order chi connectivity index (χ1) is 11.2. The van der Waals surface area contributed by atoms with Gasteiger partial charge in [-0.25, -0.2) is 4.39 Å². The maximum atomic E-state index is 14.0. The number of nitrogens with zero attached hydrogens (tertiary/aromatic N) is 1. The van der Waals surface area contributed by atoms with E-state index in [2.05, 4.69) is 4.98 Å². The van der Waals surface area contributed by atoms with Crippen LogP contribution in [0.4, 0.5) is 4.39 Å². The molecule has 2 aromatic heterocycles. The van der Waals surface area contributed by atoms with Gasteiger partial charge in [0, 0.05) is 22.4 Å². The Kier molecular flexibility index (Phi) is 4.36. The van der Waals surface area contributed by atoms with E-state index >= 15 is 0 Å². The maximum absolute atomic E-state index is 14.0. The Balaban J connectivity index is 0.00000169. The van der Waals surface area contributed by atoms with Crippen LogP contribution >= 0.6 is 0 Å². The summed E-state index contributed by atoms with van der Waals surface area (Å²) in [5.41, 5.74) is 2.21. The van der Waals surface area contributed by atoms with Crippen LogP contribution in [0.5, 0.6) is 0 Å². The van der Waals surface area contributed by atoms with Crippen molar-refractivity contribution in [3.05, 3.63) is 77.9 Å². The van der Waals surface area contributed by atoms with E-state index < -0.39 is 5.82 Å². The zero-order valence-electron chi connectivity index (χ0n) is 12.9. The maximum Gasteiger partial charge on any atom is 0.277 e. The Morgan fingerprint density at radius 1 is 1.00 bits per heavy atom. The Morgan fingerprint density at radius 2 is 1.71 bits per heavy atom. The van der Waals surface area contributed by atoms with Gasteiger partial charge in [0.15, 0.2) is 6.20 Å². The molecule has 24 heavy (non-hydrogen) atoms. The highest BCUT2D eigenvalue weighted by Crippen LogP contribution is 2.27. The molecule has 5 heteroatoms. The van der Waals surface area contributed by atoms with Gasteiger partial charge in [0.05, 0.1) is 5.56 Å². The molecule has 2 aromatic carbocycles. The van der Waals surface area contributed by atoms with E-state index in [-0.39, 0.29) is 35.3 Å². The fraction of sp³-hybridized carbons (Fsp3) is 0.0526. The Hall–Kier alpha value is -2.28. The normalized spacial score (nSPS) is 10.8. The molecular formula is C19H14FIN2O. The summed E-state index contributed by atoms with van der Waals surface area (Å²) in [7, 11) is 1.79. The van der Waals surface area contributed by atoms with Crippen LogP contribution in [0, 0.1) is 5.82 Å². The van der Waals surface area contributed by atoms with E-state index in [0.717, 1.165) is 21.8 Å². The second-order valence-electron chi connectivity index (χ2n) is 5.54. The first kappa shape index (κ1) is 16.6. The van der Waals surface area contributed by atoms with Gasteiger partial charge in [-0.3, -0.25) is 4.79 Å². The van der Waals surface area contributed by atoms with Gasteiger partial charge < -0.3 is 29.0 Å². The number of carbonyl (C=O) groups is 1. The molecule has 4 aromatic rings. The van der Waals surface area contributed by atoms with Crippen LogP contribution in [0.1, 0.15) is 16.1 Å². The molecule has 0 aliphatic rings. The summed E-state index contributed by atoms with van der Waals surface area (Å²) in [6.45, 7) is 0. The van der Waals surface area contributed by atoms with Crippen molar-refractivity contribution in [3.8, 4) is 0 Å². The lowest BCUT2D eigenvalue weighted by atomic mass is 10.0. The van der Waals surface area contributed by atoms with Crippen LogP contribution in [0.2, 0.25) is 0 Å². The lowest BCUT2D eigenvalue weighted by Gasteiger charge is -2.02. The van der Waals surface area contributed by atoms with E-state index in [9.17, 15) is 9.18 Å². The molecule has 120 valence electrons. The van der Waals surface area contributed by atoms with Crippen molar-refractivity contribution in [2.24, 2.45) is 7.05 Å². The van der Waals surface area contributed by atoms with Crippen LogP contribution in [0.3, 0.4) is 0 Å². The van der Waals surface area contributed by atoms with Gasteiger partial charge in [0.25, 0.3) is 11.5 Å². The molecule has 0 spiro atoms. The molecule has 3 nitrogen and oxygen atoms in total. The molecule has 4 rings (SSSR count). The van der Waals surface area contributed by atoms with E-state index in [4.69, 9.17) is 0 Å². The molecule has 2 heterocycles. The van der Waals surface area contributed by atoms with E-state index in [0.29, 0.717) is 5.69 Å². The van der Waals surface area contributed by atoms with Gasteiger partial charge in [-0.1, -0.05) is 30.3 Å². The highest BCUT2D eigenvalue weighted by atomic mass is 127. The number of para-hydroxylation sites is 1. The fourth-order valence-electron chi connectivity index (χ4n) is 3.01. The van der Waals surface area contributed by atoms with E-state index in [1.54, 1.807) is 23.7 Å². The molecule has 0 atom stereocenters. The number of fused-ring (bicyclic) bond motifs is 3. The van der Waals surface area contributed by atoms with Gasteiger partial charge in [-0.05, 0) is 18.2 Å². The van der Waals surface area contributed by atoms with Crippen molar-refractivity contribution in [2.75, 3.05) is 0 Å². The third-order valence-corrected chi connectivity index (χ3v) is 4.13. The SMILES string of the molecule is C[n+]1ccc2c([nH]c3ccccc32)c1C(=O)c1ccccc1F.[I-]. The van der Waals surface area contributed by atoms with Gasteiger partial charge in [-0.15, -0.1) is 0 Å². The monoisotopic (exact) mass is 432 g/mol. The molecule has 0 aliphatic carbocycles. The standard InChI is InChI=1S/C19H13FN2O.HI/c1-22-11-10-13-12-6-3-5-9-16(12)21-17(13)18(22)19(23)14-7-2-4-8-15(14)20;/h2-11H,1H3;1H.